The topological polar surface area (TPSA) is 97.2 Å². The lowest BCUT2D eigenvalue weighted by molar-refractivity contribution is 0.0691. The number of rotatable bonds is 5. The minimum Gasteiger partial charge on any atom is -0.476 e. The van der Waals surface area contributed by atoms with Crippen LogP contribution in [0.4, 0.5) is 5.82 Å². The number of methoxy groups -OCH3 is 1. The number of hydrogen-bond acceptors (Lipinski definition) is 7. The van der Waals surface area contributed by atoms with Crippen molar-refractivity contribution in [1.82, 2.24) is 15.0 Å². The van der Waals surface area contributed by atoms with Gasteiger partial charge < -0.3 is 15.2 Å². The molecule has 0 bridgehead atoms. The average molecular weight is 301 g/mol. The summed E-state index contributed by atoms with van der Waals surface area (Å²) in [7, 11) is 1.45. The third-order valence-corrected chi connectivity index (χ3v) is 3.21. The Bertz CT molecular complexity index is 604. The van der Waals surface area contributed by atoms with Crippen molar-refractivity contribution in [3.8, 4) is 6.01 Å². The molecule has 0 spiro atoms. The zero-order valence-corrected chi connectivity index (χ0v) is 11.3. The van der Waals surface area contributed by atoms with Crippen LogP contribution in [0.15, 0.2) is 11.6 Å². The lowest BCUT2D eigenvalue weighted by Gasteiger charge is -2.06. The van der Waals surface area contributed by atoms with E-state index in [1.54, 1.807) is 0 Å². The minimum atomic E-state index is -1.05. The number of aromatic carboxylic acids is 1. The van der Waals surface area contributed by atoms with Gasteiger partial charge in [0.25, 0.3) is 0 Å². The minimum absolute atomic E-state index is 0.0214. The quantitative estimate of drug-likeness (QED) is 0.870. The Morgan fingerprint density at radius 3 is 3.00 bits per heavy atom. The average Bonchev–Trinajstić information content (AvgIpc) is 2.87. The molecule has 0 saturated heterocycles. The zero-order chi connectivity index (χ0) is 13.8. The van der Waals surface area contributed by atoms with E-state index in [2.05, 4.69) is 20.3 Å². The third kappa shape index (κ3) is 3.30. The second kappa shape index (κ2) is 5.81. The number of ether oxygens (including phenoxy) is 1. The maximum Gasteiger partial charge on any atom is 0.355 e. The van der Waals surface area contributed by atoms with Gasteiger partial charge in [-0.1, -0.05) is 11.6 Å². The largest absolute Gasteiger partial charge is 0.476 e. The number of thiazole rings is 1. The maximum absolute atomic E-state index is 10.7. The van der Waals surface area contributed by atoms with E-state index in [1.807, 2.05) is 0 Å². The highest BCUT2D eigenvalue weighted by atomic mass is 35.5. The van der Waals surface area contributed by atoms with E-state index in [4.69, 9.17) is 21.4 Å². The van der Waals surface area contributed by atoms with Crippen LogP contribution >= 0.6 is 22.9 Å². The first-order chi connectivity index (χ1) is 9.10. The smallest absolute Gasteiger partial charge is 0.355 e. The van der Waals surface area contributed by atoms with Crippen LogP contribution in [0.25, 0.3) is 0 Å². The standard InChI is InChI=1S/C10H9ClN4O3S/c1-18-10-13-2-5(11)8(15-10)12-3-7-14-6(4-19-7)9(16)17/h2,4H,3H2,1H3,(H,16,17)(H,12,13,15). The first kappa shape index (κ1) is 13.5. The summed E-state index contributed by atoms with van der Waals surface area (Å²) < 4.78 is 4.89. The van der Waals surface area contributed by atoms with E-state index in [9.17, 15) is 4.79 Å². The van der Waals surface area contributed by atoms with Gasteiger partial charge in [-0.15, -0.1) is 11.3 Å². The predicted octanol–water partition coefficient (Wildman–Crippen LogP) is 1.91. The Labute approximate surface area is 117 Å². The van der Waals surface area contributed by atoms with E-state index in [1.165, 1.54) is 30.0 Å². The Hall–Kier alpha value is -1.93. The van der Waals surface area contributed by atoms with Crippen LogP contribution < -0.4 is 10.1 Å². The number of carbonyl (C=O) groups is 1. The van der Waals surface area contributed by atoms with Crippen LogP contribution in [-0.4, -0.2) is 33.1 Å². The van der Waals surface area contributed by atoms with Crippen LogP contribution in [0, 0.1) is 0 Å². The molecular weight excluding hydrogens is 292 g/mol. The summed E-state index contributed by atoms with van der Waals surface area (Å²) in [5.41, 5.74) is 0.0214. The molecule has 0 aliphatic carbocycles. The molecule has 2 aromatic heterocycles. The summed E-state index contributed by atoms with van der Waals surface area (Å²) in [4.78, 5) is 22.5. The molecule has 0 fully saturated rings. The molecule has 0 aliphatic rings. The molecule has 0 aliphatic heterocycles. The summed E-state index contributed by atoms with van der Waals surface area (Å²) in [6, 6.07) is 0.192. The molecule has 0 unspecified atom stereocenters. The lowest BCUT2D eigenvalue weighted by atomic mass is 10.5. The van der Waals surface area contributed by atoms with Crippen molar-refractivity contribution in [1.29, 1.82) is 0 Å². The summed E-state index contributed by atoms with van der Waals surface area (Å²) >= 11 is 7.16. The molecular formula is C10H9ClN4O3S. The molecule has 2 rings (SSSR count). The fraction of sp³-hybridized carbons (Fsp3) is 0.200. The normalized spacial score (nSPS) is 10.2. The van der Waals surface area contributed by atoms with Gasteiger partial charge in [0.05, 0.1) is 19.9 Å². The molecule has 7 nitrogen and oxygen atoms in total. The Morgan fingerprint density at radius 1 is 1.58 bits per heavy atom. The number of carboxylic acid groups (broad SMARTS) is 1. The fourth-order valence-corrected chi connectivity index (χ4v) is 2.09. The molecule has 0 amide bonds. The maximum atomic E-state index is 10.7. The number of halogens is 1. The summed E-state index contributed by atoms with van der Waals surface area (Å²) in [5, 5.41) is 14.1. The lowest BCUT2D eigenvalue weighted by Crippen LogP contribution is -2.04. The van der Waals surface area contributed by atoms with Gasteiger partial charge in [-0.2, -0.15) is 4.98 Å². The third-order valence-electron chi connectivity index (χ3n) is 2.08. The molecule has 0 saturated carbocycles. The summed E-state index contributed by atoms with van der Waals surface area (Å²) in [6.07, 6.45) is 1.42. The van der Waals surface area contributed by atoms with Crippen LogP contribution in [-0.2, 0) is 6.54 Å². The van der Waals surface area contributed by atoms with Gasteiger partial charge in [0.2, 0.25) is 0 Å². The molecule has 9 heteroatoms. The summed E-state index contributed by atoms with van der Waals surface area (Å²) in [6.45, 7) is 0.317. The highest BCUT2D eigenvalue weighted by Gasteiger charge is 2.10. The van der Waals surface area contributed by atoms with Gasteiger partial charge in [-0.3, -0.25) is 0 Å². The van der Waals surface area contributed by atoms with Crippen molar-refractivity contribution in [2.45, 2.75) is 6.54 Å². The number of nitrogens with one attached hydrogen (secondary N) is 1. The van der Waals surface area contributed by atoms with Gasteiger partial charge >= 0.3 is 12.0 Å². The molecule has 0 radical (unpaired) electrons. The van der Waals surface area contributed by atoms with E-state index in [-0.39, 0.29) is 11.7 Å². The molecule has 0 atom stereocenters. The second-order valence-electron chi connectivity index (χ2n) is 3.34. The van der Waals surface area contributed by atoms with Crippen molar-refractivity contribution in [2.75, 3.05) is 12.4 Å². The predicted molar refractivity (Wildman–Crippen MR) is 70.0 cm³/mol. The van der Waals surface area contributed by atoms with E-state index < -0.39 is 5.97 Å². The van der Waals surface area contributed by atoms with Crippen LogP contribution in [0.1, 0.15) is 15.5 Å². The molecule has 19 heavy (non-hydrogen) atoms. The van der Waals surface area contributed by atoms with Crippen LogP contribution in [0.3, 0.4) is 0 Å². The number of carboxylic acids is 1. The highest BCUT2D eigenvalue weighted by molar-refractivity contribution is 7.09. The SMILES string of the molecule is COc1ncc(Cl)c(NCc2nc(C(=O)O)cs2)n1. The highest BCUT2D eigenvalue weighted by Crippen LogP contribution is 2.21. The number of anilines is 1. The van der Waals surface area contributed by atoms with E-state index >= 15 is 0 Å². The molecule has 2 aromatic rings. The monoisotopic (exact) mass is 300 g/mol. The van der Waals surface area contributed by atoms with Crippen molar-refractivity contribution in [3.63, 3.8) is 0 Å². The first-order valence-corrected chi connectivity index (χ1v) is 6.34. The van der Waals surface area contributed by atoms with E-state index in [0.717, 1.165) is 0 Å². The van der Waals surface area contributed by atoms with E-state index in [0.29, 0.717) is 22.4 Å². The Morgan fingerprint density at radius 2 is 2.37 bits per heavy atom. The van der Waals surface area contributed by atoms with Crippen LogP contribution in [0.2, 0.25) is 5.02 Å². The van der Waals surface area contributed by atoms with Crippen molar-refractivity contribution >= 4 is 34.7 Å². The number of nitrogens with zero attached hydrogens (tertiary/aromatic N) is 3. The fourth-order valence-electron chi connectivity index (χ4n) is 1.22. The number of aromatic nitrogens is 3. The van der Waals surface area contributed by atoms with Gasteiger partial charge in [-0.25, -0.2) is 14.8 Å². The number of hydrogen-bond donors (Lipinski definition) is 2. The van der Waals surface area contributed by atoms with Crippen molar-refractivity contribution < 1.29 is 14.6 Å². The zero-order valence-electron chi connectivity index (χ0n) is 9.75. The van der Waals surface area contributed by atoms with Crippen molar-refractivity contribution in [2.24, 2.45) is 0 Å². The van der Waals surface area contributed by atoms with Gasteiger partial charge in [0, 0.05) is 5.38 Å². The van der Waals surface area contributed by atoms with Gasteiger partial charge in [0.15, 0.2) is 11.5 Å². The van der Waals surface area contributed by atoms with Crippen LogP contribution in [0.5, 0.6) is 6.01 Å². The molecule has 2 N–H and O–H groups in total. The summed E-state index contributed by atoms with van der Waals surface area (Å²) in [5.74, 6) is -0.648. The Balaban J connectivity index is 2.07. The first-order valence-electron chi connectivity index (χ1n) is 5.08. The van der Waals surface area contributed by atoms with Gasteiger partial charge in [-0.05, 0) is 0 Å². The second-order valence-corrected chi connectivity index (χ2v) is 4.69. The molecule has 100 valence electrons. The van der Waals surface area contributed by atoms with Gasteiger partial charge in [0.1, 0.15) is 10.0 Å². The molecule has 2 heterocycles. The molecule has 0 aromatic carbocycles. The Kier molecular flexibility index (Phi) is 4.13. The van der Waals surface area contributed by atoms with Crippen molar-refractivity contribution in [3.05, 3.63) is 27.3 Å².